The number of nitrogens with two attached hydrogens (primary N) is 1. The van der Waals surface area contributed by atoms with Gasteiger partial charge in [0, 0.05) is 19.1 Å². The molecular formula is C35H60N2O6. The van der Waals surface area contributed by atoms with Crippen LogP contribution < -0.4 is 11.1 Å². The maximum Gasteiger partial charge on any atom is 0.309 e. The number of unbranched alkanes of at least 4 members (excludes halogenated alkanes) is 4. The first-order valence-electron chi connectivity index (χ1n) is 17.1. The molecule has 0 radical (unpaired) electrons. The molecule has 8 unspecified atom stereocenters. The van der Waals surface area contributed by atoms with Gasteiger partial charge in [-0.1, -0.05) is 63.7 Å². The standard InChI is InChI=1S/C35H60N2O6/c1-2-3-5-9-25-13-14-27(32(40)21-25)10-6-4-7-12-30(34(41)42)31(39)15-17-35(43)23-28(11-8-19-38)29(24-35)20-26-16-18-37-33(36)22-26/h13-14,16,22,25,27-32,37-40,43H,2-12,15,17-21,23-24,36H2,1H3,(H,41,42). The van der Waals surface area contributed by atoms with E-state index in [2.05, 4.69) is 30.5 Å². The average molecular weight is 605 g/mol. The quantitative estimate of drug-likeness (QED) is 0.0742. The zero-order valence-corrected chi connectivity index (χ0v) is 26.5. The van der Waals surface area contributed by atoms with Gasteiger partial charge in [0.05, 0.1) is 29.5 Å². The minimum atomic E-state index is -1.00. The number of carboxylic acids is 1. The van der Waals surface area contributed by atoms with Gasteiger partial charge in [-0.3, -0.25) is 4.79 Å². The van der Waals surface area contributed by atoms with E-state index in [-0.39, 0.29) is 36.9 Å². The molecule has 3 aliphatic rings. The number of aliphatic carboxylic acids is 1. The highest BCUT2D eigenvalue weighted by molar-refractivity contribution is 5.70. The predicted molar refractivity (Wildman–Crippen MR) is 171 cm³/mol. The van der Waals surface area contributed by atoms with E-state index in [1.807, 2.05) is 6.08 Å². The molecule has 1 heterocycles. The molecule has 1 aliphatic heterocycles. The summed E-state index contributed by atoms with van der Waals surface area (Å²) in [5.41, 5.74) is 6.17. The van der Waals surface area contributed by atoms with E-state index in [9.17, 15) is 30.3 Å². The summed E-state index contributed by atoms with van der Waals surface area (Å²) < 4.78 is 0. The Morgan fingerprint density at radius 2 is 1.81 bits per heavy atom. The first kappa shape index (κ1) is 35.6. The number of hydrogen-bond donors (Lipinski definition) is 7. The Balaban J connectivity index is 1.42. The van der Waals surface area contributed by atoms with Crippen LogP contribution in [0.1, 0.15) is 116 Å². The van der Waals surface area contributed by atoms with Gasteiger partial charge in [-0.25, -0.2) is 0 Å². The average Bonchev–Trinajstić information content (AvgIpc) is 3.28. The summed E-state index contributed by atoms with van der Waals surface area (Å²) >= 11 is 0. The fourth-order valence-electron chi connectivity index (χ4n) is 7.75. The molecule has 8 nitrogen and oxygen atoms in total. The Morgan fingerprint density at radius 3 is 2.51 bits per heavy atom. The second-order valence-corrected chi connectivity index (χ2v) is 13.8. The predicted octanol–water partition coefficient (Wildman–Crippen LogP) is 5.16. The van der Waals surface area contributed by atoms with Crippen LogP contribution in [0.2, 0.25) is 0 Å². The Bertz CT molecular complexity index is 935. The van der Waals surface area contributed by atoms with E-state index in [0.29, 0.717) is 50.4 Å². The van der Waals surface area contributed by atoms with Crippen molar-refractivity contribution in [1.29, 1.82) is 0 Å². The van der Waals surface area contributed by atoms with E-state index in [1.165, 1.54) is 19.3 Å². The number of dihydropyridines is 1. The second kappa shape index (κ2) is 18.2. The smallest absolute Gasteiger partial charge is 0.309 e. The fourth-order valence-corrected chi connectivity index (χ4v) is 7.75. The number of nitrogens with one attached hydrogen (secondary N) is 1. The summed E-state index contributed by atoms with van der Waals surface area (Å²) in [6.45, 7) is 3.02. The normalized spacial score (nSPS) is 30.4. The monoisotopic (exact) mass is 604 g/mol. The lowest BCUT2D eigenvalue weighted by Crippen LogP contribution is -2.32. The van der Waals surface area contributed by atoms with E-state index in [1.54, 1.807) is 0 Å². The summed E-state index contributed by atoms with van der Waals surface area (Å²) in [6, 6.07) is 0. The van der Waals surface area contributed by atoms with Crippen LogP contribution in [0.25, 0.3) is 0 Å². The van der Waals surface area contributed by atoms with Gasteiger partial charge in [0.15, 0.2) is 0 Å². The third kappa shape index (κ3) is 11.9. The first-order chi connectivity index (χ1) is 20.6. The van der Waals surface area contributed by atoms with Crippen molar-refractivity contribution in [3.05, 3.63) is 35.7 Å². The molecule has 0 amide bonds. The number of aliphatic hydroxyl groups excluding tert-OH is 3. The van der Waals surface area contributed by atoms with Crippen LogP contribution in [-0.2, 0) is 4.79 Å². The molecule has 0 aromatic carbocycles. The van der Waals surface area contributed by atoms with Crippen LogP contribution in [0.15, 0.2) is 35.7 Å². The van der Waals surface area contributed by atoms with Crippen molar-refractivity contribution in [1.82, 2.24) is 5.32 Å². The van der Waals surface area contributed by atoms with Crippen molar-refractivity contribution in [3.63, 3.8) is 0 Å². The van der Waals surface area contributed by atoms with Gasteiger partial charge in [-0.2, -0.15) is 0 Å². The van der Waals surface area contributed by atoms with Crippen molar-refractivity contribution in [3.8, 4) is 0 Å². The first-order valence-corrected chi connectivity index (χ1v) is 17.1. The lowest BCUT2D eigenvalue weighted by Gasteiger charge is -2.28. The molecule has 3 rings (SSSR count). The molecule has 8 N–H and O–H groups in total. The van der Waals surface area contributed by atoms with Crippen molar-refractivity contribution in [2.45, 2.75) is 134 Å². The minimum absolute atomic E-state index is 0.123. The van der Waals surface area contributed by atoms with Gasteiger partial charge < -0.3 is 36.6 Å². The highest BCUT2D eigenvalue weighted by Crippen LogP contribution is 2.47. The highest BCUT2D eigenvalue weighted by atomic mass is 16.4. The van der Waals surface area contributed by atoms with E-state index in [4.69, 9.17) is 5.73 Å². The number of carbonyl (C=O) groups is 1. The zero-order valence-electron chi connectivity index (χ0n) is 26.5. The van der Waals surface area contributed by atoms with Crippen LogP contribution >= 0.6 is 0 Å². The maximum atomic E-state index is 12.1. The molecule has 8 heteroatoms. The summed E-state index contributed by atoms with van der Waals surface area (Å²) in [4.78, 5) is 12.1. The Kier molecular flexibility index (Phi) is 15.1. The zero-order chi connectivity index (χ0) is 31.2. The largest absolute Gasteiger partial charge is 0.481 e. The van der Waals surface area contributed by atoms with Crippen LogP contribution in [-0.4, -0.2) is 62.5 Å². The van der Waals surface area contributed by atoms with Gasteiger partial charge >= 0.3 is 5.97 Å². The lowest BCUT2D eigenvalue weighted by atomic mass is 9.81. The van der Waals surface area contributed by atoms with Gasteiger partial charge in [0.25, 0.3) is 0 Å². The van der Waals surface area contributed by atoms with Crippen molar-refractivity contribution in [2.24, 2.45) is 35.3 Å². The number of allylic oxidation sites excluding steroid dienone is 3. The van der Waals surface area contributed by atoms with E-state index >= 15 is 0 Å². The third-order valence-electron chi connectivity index (χ3n) is 10.3. The summed E-state index contributed by atoms with van der Waals surface area (Å²) in [5.74, 6) is 0.00428. The summed E-state index contributed by atoms with van der Waals surface area (Å²) in [6.07, 6.45) is 20.9. The number of aliphatic hydroxyl groups is 4. The summed E-state index contributed by atoms with van der Waals surface area (Å²) in [7, 11) is 0. The molecule has 1 fully saturated rings. The fraction of sp³-hybridized carbons (Fsp3) is 0.800. The van der Waals surface area contributed by atoms with Gasteiger partial charge in [0.1, 0.15) is 0 Å². The van der Waals surface area contributed by atoms with Crippen LogP contribution in [0.4, 0.5) is 0 Å². The van der Waals surface area contributed by atoms with E-state index < -0.39 is 23.6 Å². The van der Waals surface area contributed by atoms with E-state index in [0.717, 1.165) is 56.9 Å². The van der Waals surface area contributed by atoms with Crippen LogP contribution in [0, 0.1) is 29.6 Å². The molecule has 0 spiro atoms. The number of rotatable bonds is 20. The maximum absolute atomic E-state index is 12.1. The third-order valence-corrected chi connectivity index (χ3v) is 10.3. The van der Waals surface area contributed by atoms with Gasteiger partial charge in [0.2, 0.25) is 0 Å². The number of hydrogen-bond acceptors (Lipinski definition) is 7. The molecule has 8 atom stereocenters. The molecule has 0 aromatic heterocycles. The molecule has 0 aromatic rings. The molecule has 2 aliphatic carbocycles. The molecule has 1 saturated carbocycles. The Morgan fingerprint density at radius 1 is 1.05 bits per heavy atom. The van der Waals surface area contributed by atoms with Crippen molar-refractivity contribution in [2.75, 3.05) is 13.2 Å². The van der Waals surface area contributed by atoms with Crippen molar-refractivity contribution >= 4 is 5.97 Å². The van der Waals surface area contributed by atoms with Crippen molar-refractivity contribution < 1.29 is 30.3 Å². The second-order valence-electron chi connectivity index (χ2n) is 13.8. The Labute approximate surface area is 259 Å². The number of carboxylic acid groups (broad SMARTS) is 1. The topological polar surface area (TPSA) is 156 Å². The van der Waals surface area contributed by atoms with Gasteiger partial charge in [-0.05, 0) is 100 Å². The minimum Gasteiger partial charge on any atom is -0.481 e. The molecule has 0 bridgehead atoms. The lowest BCUT2D eigenvalue weighted by molar-refractivity contribution is -0.146. The molecule has 0 saturated heterocycles. The van der Waals surface area contributed by atoms with Crippen LogP contribution in [0.5, 0.6) is 0 Å². The van der Waals surface area contributed by atoms with Gasteiger partial charge in [-0.15, -0.1) is 0 Å². The Hall–Kier alpha value is -1.87. The molecule has 43 heavy (non-hydrogen) atoms. The highest BCUT2D eigenvalue weighted by Gasteiger charge is 2.44. The summed E-state index contributed by atoms with van der Waals surface area (Å²) in [5, 5.41) is 55.4. The molecule has 246 valence electrons. The molecular weight excluding hydrogens is 544 g/mol. The van der Waals surface area contributed by atoms with Crippen LogP contribution in [0.3, 0.4) is 0 Å². The SMILES string of the molecule is CCCCCC1C=CC(CCCCCC(C(=O)O)C(O)CCC2(O)CC(CCCO)C(CC3=CCNC(N)=C3)C2)C(O)C1.